The van der Waals surface area contributed by atoms with Crippen LogP contribution in [0.5, 0.6) is 0 Å². The average Bonchev–Trinajstić information content (AvgIpc) is 3.25. The summed E-state index contributed by atoms with van der Waals surface area (Å²) in [5.41, 5.74) is 4.85. The van der Waals surface area contributed by atoms with Gasteiger partial charge < -0.3 is 9.84 Å². The van der Waals surface area contributed by atoms with Crippen LogP contribution in [-0.2, 0) is 0 Å². The van der Waals surface area contributed by atoms with E-state index < -0.39 is 0 Å². The number of carbonyl (C=O) groups is 1. The number of rotatable bonds is 4. The topological polar surface area (TPSA) is 80.9 Å². The number of nitrogens with one attached hydrogen (secondary N) is 1. The summed E-state index contributed by atoms with van der Waals surface area (Å²) in [6.07, 6.45) is 1.51. The summed E-state index contributed by atoms with van der Waals surface area (Å²) >= 11 is 1.60. The highest BCUT2D eigenvalue weighted by Crippen LogP contribution is 2.32. The van der Waals surface area contributed by atoms with Gasteiger partial charge in [0.25, 0.3) is 11.6 Å². The number of benzene rings is 1. The molecular formula is C21H20N4O2S. The molecule has 0 aliphatic heterocycles. The minimum atomic E-state index is -0.188. The Morgan fingerprint density at radius 2 is 1.89 bits per heavy atom. The van der Waals surface area contributed by atoms with E-state index >= 15 is 0 Å². The van der Waals surface area contributed by atoms with Gasteiger partial charge in [-0.25, -0.2) is 9.97 Å². The predicted octanol–water partition coefficient (Wildman–Crippen LogP) is 4.76. The van der Waals surface area contributed by atoms with Gasteiger partial charge in [-0.05, 0) is 33.8 Å². The number of carbonyl (C=O) groups excluding carboxylic acids is 1. The van der Waals surface area contributed by atoms with Crippen molar-refractivity contribution in [2.45, 2.75) is 33.7 Å². The fourth-order valence-electron chi connectivity index (χ4n) is 3.04. The van der Waals surface area contributed by atoms with Crippen LogP contribution in [0.4, 0.5) is 0 Å². The zero-order valence-corrected chi connectivity index (χ0v) is 16.9. The first-order valence-corrected chi connectivity index (χ1v) is 9.81. The van der Waals surface area contributed by atoms with Crippen LogP contribution in [-0.4, -0.2) is 21.0 Å². The number of aryl methyl sites for hydroxylation is 3. The van der Waals surface area contributed by atoms with Crippen LogP contribution in [0.15, 0.2) is 41.1 Å². The molecule has 3 heterocycles. The lowest BCUT2D eigenvalue weighted by Gasteiger charge is -2.12. The van der Waals surface area contributed by atoms with Gasteiger partial charge in [0, 0.05) is 11.8 Å². The lowest BCUT2D eigenvalue weighted by atomic mass is 10.1. The third kappa shape index (κ3) is 3.41. The zero-order valence-electron chi connectivity index (χ0n) is 16.1. The molecule has 0 bridgehead atoms. The molecule has 0 fully saturated rings. The van der Waals surface area contributed by atoms with Crippen LogP contribution in [0.25, 0.3) is 21.7 Å². The first-order valence-electron chi connectivity index (χ1n) is 8.99. The van der Waals surface area contributed by atoms with Crippen molar-refractivity contribution in [1.82, 2.24) is 20.4 Å². The standard InChI is InChI=1S/C21H20N4O2S/c1-11-5-7-15(8-6-11)21-24-14(4)18(28-21)13(3)23-19(26)16-9-17-12(2)25-27-20(17)22-10-16/h5-10,13H,1-4H3,(H,23,26). The van der Waals surface area contributed by atoms with Crippen molar-refractivity contribution in [1.29, 1.82) is 0 Å². The normalized spacial score (nSPS) is 12.3. The van der Waals surface area contributed by atoms with E-state index in [4.69, 9.17) is 9.51 Å². The number of aromatic nitrogens is 3. The van der Waals surface area contributed by atoms with Gasteiger partial charge in [0.15, 0.2) is 0 Å². The van der Waals surface area contributed by atoms with Gasteiger partial charge in [-0.1, -0.05) is 35.0 Å². The molecule has 7 heteroatoms. The number of thiazole rings is 1. The van der Waals surface area contributed by atoms with E-state index in [0.717, 1.165) is 26.5 Å². The summed E-state index contributed by atoms with van der Waals surface area (Å²) in [7, 11) is 0. The summed E-state index contributed by atoms with van der Waals surface area (Å²) in [6.45, 7) is 7.83. The van der Waals surface area contributed by atoms with Crippen molar-refractivity contribution >= 4 is 28.3 Å². The monoisotopic (exact) mass is 392 g/mol. The quantitative estimate of drug-likeness (QED) is 0.541. The van der Waals surface area contributed by atoms with Gasteiger partial charge in [0.2, 0.25) is 0 Å². The molecule has 1 amide bonds. The first-order chi connectivity index (χ1) is 13.4. The van der Waals surface area contributed by atoms with Crippen molar-refractivity contribution in [3.05, 3.63) is 63.9 Å². The number of pyridine rings is 1. The number of amides is 1. The first kappa shape index (κ1) is 18.3. The second-order valence-electron chi connectivity index (χ2n) is 6.87. The molecule has 0 saturated carbocycles. The minimum absolute atomic E-state index is 0.163. The van der Waals surface area contributed by atoms with Crippen molar-refractivity contribution in [2.75, 3.05) is 0 Å². The smallest absolute Gasteiger partial charge is 0.257 e. The molecule has 0 spiro atoms. The number of fused-ring (bicyclic) bond motifs is 1. The number of nitrogens with zero attached hydrogens (tertiary/aromatic N) is 3. The Balaban J connectivity index is 1.55. The molecule has 1 unspecified atom stereocenters. The highest BCUT2D eigenvalue weighted by atomic mass is 32.1. The minimum Gasteiger partial charge on any atom is -0.345 e. The van der Waals surface area contributed by atoms with Crippen LogP contribution in [0.2, 0.25) is 0 Å². The predicted molar refractivity (Wildman–Crippen MR) is 109 cm³/mol. The second kappa shape index (κ2) is 7.16. The molecule has 142 valence electrons. The molecule has 3 aromatic heterocycles. The van der Waals surface area contributed by atoms with Gasteiger partial charge in [-0.3, -0.25) is 4.79 Å². The van der Waals surface area contributed by atoms with Gasteiger partial charge in [-0.15, -0.1) is 11.3 Å². The molecule has 1 atom stereocenters. The van der Waals surface area contributed by atoms with E-state index in [1.165, 1.54) is 11.8 Å². The molecule has 6 nitrogen and oxygen atoms in total. The van der Waals surface area contributed by atoms with Crippen molar-refractivity contribution in [3.63, 3.8) is 0 Å². The van der Waals surface area contributed by atoms with Crippen molar-refractivity contribution in [2.24, 2.45) is 0 Å². The Morgan fingerprint density at radius 1 is 1.14 bits per heavy atom. The van der Waals surface area contributed by atoms with Crippen LogP contribution < -0.4 is 5.32 Å². The molecule has 0 aliphatic rings. The molecule has 0 aliphatic carbocycles. The Kier molecular flexibility index (Phi) is 4.68. The largest absolute Gasteiger partial charge is 0.345 e. The summed E-state index contributed by atoms with van der Waals surface area (Å²) in [4.78, 5) is 22.6. The molecule has 4 aromatic rings. The van der Waals surface area contributed by atoms with Crippen LogP contribution >= 0.6 is 11.3 Å². The maximum Gasteiger partial charge on any atom is 0.257 e. The SMILES string of the molecule is Cc1ccc(-c2nc(C)c(C(C)NC(=O)c3cnc4onc(C)c4c3)s2)cc1. The molecule has 0 radical (unpaired) electrons. The third-order valence-corrected chi connectivity index (χ3v) is 6.03. The van der Waals surface area contributed by atoms with Crippen molar-refractivity contribution < 1.29 is 9.32 Å². The van der Waals surface area contributed by atoms with E-state index in [1.807, 2.05) is 20.8 Å². The molecule has 1 N–H and O–H groups in total. The third-order valence-electron chi connectivity index (χ3n) is 4.64. The Morgan fingerprint density at radius 3 is 2.64 bits per heavy atom. The van der Waals surface area contributed by atoms with E-state index in [9.17, 15) is 4.79 Å². The van der Waals surface area contributed by atoms with Crippen molar-refractivity contribution in [3.8, 4) is 10.6 Å². The van der Waals surface area contributed by atoms with Crippen LogP contribution in [0.1, 0.15) is 45.2 Å². The summed E-state index contributed by atoms with van der Waals surface area (Å²) in [5, 5.41) is 8.62. The van der Waals surface area contributed by atoms with Gasteiger partial charge in [0.1, 0.15) is 5.01 Å². The zero-order chi connectivity index (χ0) is 19.8. The van der Waals surface area contributed by atoms with E-state index in [2.05, 4.69) is 46.6 Å². The maximum absolute atomic E-state index is 12.7. The van der Waals surface area contributed by atoms with Gasteiger partial charge in [-0.2, -0.15) is 0 Å². The molecule has 28 heavy (non-hydrogen) atoms. The van der Waals surface area contributed by atoms with Crippen LogP contribution in [0.3, 0.4) is 0 Å². The highest BCUT2D eigenvalue weighted by molar-refractivity contribution is 7.15. The fourth-order valence-corrected chi connectivity index (χ4v) is 4.12. The lowest BCUT2D eigenvalue weighted by molar-refractivity contribution is 0.0940. The lowest BCUT2D eigenvalue weighted by Crippen LogP contribution is -2.26. The fraction of sp³-hybridized carbons (Fsp3) is 0.238. The van der Waals surface area contributed by atoms with E-state index in [0.29, 0.717) is 17.0 Å². The summed E-state index contributed by atoms with van der Waals surface area (Å²) in [5.74, 6) is -0.188. The van der Waals surface area contributed by atoms with E-state index in [1.54, 1.807) is 17.4 Å². The highest BCUT2D eigenvalue weighted by Gasteiger charge is 2.19. The summed E-state index contributed by atoms with van der Waals surface area (Å²) in [6, 6.07) is 9.89. The summed E-state index contributed by atoms with van der Waals surface area (Å²) < 4.78 is 5.10. The van der Waals surface area contributed by atoms with Gasteiger partial charge in [0.05, 0.1) is 33.3 Å². The average molecular weight is 392 g/mol. The van der Waals surface area contributed by atoms with Gasteiger partial charge >= 0.3 is 0 Å². The number of hydrogen-bond acceptors (Lipinski definition) is 6. The molecule has 4 rings (SSSR count). The maximum atomic E-state index is 12.7. The molecule has 1 aromatic carbocycles. The Bertz CT molecular complexity index is 1160. The Hall–Kier alpha value is -3.06. The molecular weight excluding hydrogens is 372 g/mol. The van der Waals surface area contributed by atoms with E-state index in [-0.39, 0.29) is 11.9 Å². The second-order valence-corrected chi connectivity index (χ2v) is 7.91. The van der Waals surface area contributed by atoms with Crippen LogP contribution in [0, 0.1) is 20.8 Å². The molecule has 0 saturated heterocycles. The Labute approximate surface area is 166 Å². The number of hydrogen-bond donors (Lipinski definition) is 1.